The van der Waals surface area contributed by atoms with Crippen molar-refractivity contribution < 1.29 is 4.79 Å². The zero-order valence-corrected chi connectivity index (χ0v) is 16.1. The molecule has 0 radical (unpaired) electrons. The summed E-state index contributed by atoms with van der Waals surface area (Å²) >= 11 is 1.52. The van der Waals surface area contributed by atoms with Crippen molar-refractivity contribution in [3.8, 4) is 0 Å². The van der Waals surface area contributed by atoms with Crippen molar-refractivity contribution in [2.45, 2.75) is 17.7 Å². The Morgan fingerprint density at radius 1 is 1.14 bits per heavy atom. The lowest BCUT2D eigenvalue weighted by molar-refractivity contribution is 0.0940. The molecule has 1 amide bonds. The van der Waals surface area contributed by atoms with Crippen LogP contribution >= 0.6 is 11.8 Å². The van der Waals surface area contributed by atoms with Gasteiger partial charge in [0.15, 0.2) is 5.16 Å². The van der Waals surface area contributed by atoms with Crippen LogP contribution in [0.4, 0.5) is 0 Å². The molecular formula is C21H17N5O2S. The molecular weight excluding hydrogens is 386 g/mol. The molecule has 1 aliphatic heterocycles. The maximum Gasteiger partial charge on any atom is 0.267 e. The molecule has 2 aromatic heterocycles. The van der Waals surface area contributed by atoms with Crippen LogP contribution in [-0.2, 0) is 6.54 Å². The van der Waals surface area contributed by atoms with Crippen LogP contribution in [0.5, 0.6) is 0 Å². The van der Waals surface area contributed by atoms with Gasteiger partial charge in [-0.1, -0.05) is 48.2 Å². The molecule has 29 heavy (non-hydrogen) atoms. The highest BCUT2D eigenvalue weighted by Crippen LogP contribution is 2.25. The van der Waals surface area contributed by atoms with E-state index in [1.54, 1.807) is 10.9 Å². The van der Waals surface area contributed by atoms with Gasteiger partial charge in [0.05, 0.1) is 23.4 Å². The quantitative estimate of drug-likeness (QED) is 0.511. The number of hydrogen-bond acceptors (Lipinski definition) is 5. The summed E-state index contributed by atoms with van der Waals surface area (Å²) in [5, 5.41) is 3.68. The smallest absolute Gasteiger partial charge is 0.267 e. The molecule has 4 aromatic rings. The second kappa shape index (κ2) is 7.21. The van der Waals surface area contributed by atoms with Gasteiger partial charge in [0, 0.05) is 18.5 Å². The third kappa shape index (κ3) is 3.21. The molecule has 144 valence electrons. The Balaban J connectivity index is 1.54. The first-order valence-corrected chi connectivity index (χ1v) is 10.2. The Morgan fingerprint density at radius 2 is 2.00 bits per heavy atom. The predicted molar refractivity (Wildman–Crippen MR) is 111 cm³/mol. The summed E-state index contributed by atoms with van der Waals surface area (Å²) in [7, 11) is 0. The van der Waals surface area contributed by atoms with Crippen LogP contribution in [0, 0.1) is 0 Å². The molecule has 0 saturated heterocycles. The Hall–Kier alpha value is -3.39. The minimum atomic E-state index is -0.437. The summed E-state index contributed by atoms with van der Waals surface area (Å²) < 4.78 is 1.56. The molecule has 0 bridgehead atoms. The third-order valence-corrected chi connectivity index (χ3v) is 5.96. The number of imidazole rings is 1. The van der Waals surface area contributed by atoms with Crippen molar-refractivity contribution in [1.82, 2.24) is 24.8 Å². The minimum Gasteiger partial charge on any atom is -0.345 e. The number of nitrogens with one attached hydrogen (secondary N) is 2. The Labute approximate surface area is 170 Å². The number of rotatable bonds is 4. The van der Waals surface area contributed by atoms with E-state index < -0.39 is 11.9 Å². The maximum atomic E-state index is 13.0. The van der Waals surface area contributed by atoms with E-state index in [1.165, 1.54) is 18.0 Å². The first-order chi connectivity index (χ1) is 14.2. The molecule has 0 saturated carbocycles. The SMILES string of the molecule is O=C(NC(c1ccccc1)c1ccc2nc[nH]c2c1)c1cnc2n(c1=O)CCS2. The number of aromatic amines is 1. The van der Waals surface area contributed by atoms with Crippen molar-refractivity contribution in [3.63, 3.8) is 0 Å². The van der Waals surface area contributed by atoms with Gasteiger partial charge in [0.25, 0.3) is 11.5 Å². The van der Waals surface area contributed by atoms with E-state index in [4.69, 9.17) is 0 Å². The van der Waals surface area contributed by atoms with Gasteiger partial charge < -0.3 is 10.3 Å². The van der Waals surface area contributed by atoms with Gasteiger partial charge in [0.2, 0.25) is 0 Å². The highest BCUT2D eigenvalue weighted by atomic mass is 32.2. The Bertz CT molecular complexity index is 1270. The zero-order valence-electron chi connectivity index (χ0n) is 15.3. The third-order valence-electron chi connectivity index (χ3n) is 4.99. The van der Waals surface area contributed by atoms with Gasteiger partial charge in [-0.2, -0.15) is 0 Å². The van der Waals surface area contributed by atoms with Crippen molar-refractivity contribution in [2.75, 3.05) is 5.75 Å². The number of carbonyl (C=O) groups excluding carboxylic acids is 1. The molecule has 2 aromatic carbocycles. The predicted octanol–water partition coefficient (Wildman–Crippen LogP) is 2.74. The summed E-state index contributed by atoms with van der Waals surface area (Å²) in [4.78, 5) is 37.4. The van der Waals surface area contributed by atoms with Crippen molar-refractivity contribution >= 4 is 28.7 Å². The van der Waals surface area contributed by atoms with Gasteiger partial charge in [-0.25, -0.2) is 9.97 Å². The number of fused-ring (bicyclic) bond motifs is 2. The second-order valence-corrected chi connectivity index (χ2v) is 7.82. The molecule has 7 nitrogen and oxygen atoms in total. The van der Waals surface area contributed by atoms with E-state index in [0.29, 0.717) is 11.7 Å². The fraction of sp³-hybridized carbons (Fsp3) is 0.143. The van der Waals surface area contributed by atoms with Gasteiger partial charge >= 0.3 is 0 Å². The maximum absolute atomic E-state index is 13.0. The fourth-order valence-electron chi connectivity index (χ4n) is 3.52. The summed E-state index contributed by atoms with van der Waals surface area (Å²) in [5.74, 6) is 0.359. The van der Waals surface area contributed by atoms with Crippen LogP contribution in [0.15, 0.2) is 71.0 Å². The summed E-state index contributed by atoms with van der Waals surface area (Å²) in [6.45, 7) is 0.575. The molecule has 2 N–H and O–H groups in total. The number of thioether (sulfide) groups is 1. The minimum absolute atomic E-state index is 0.0554. The van der Waals surface area contributed by atoms with E-state index in [9.17, 15) is 9.59 Å². The van der Waals surface area contributed by atoms with Crippen LogP contribution in [0.1, 0.15) is 27.5 Å². The lowest BCUT2D eigenvalue weighted by Gasteiger charge is -2.20. The van der Waals surface area contributed by atoms with E-state index >= 15 is 0 Å². The monoisotopic (exact) mass is 403 g/mol. The number of H-pyrrole nitrogens is 1. The molecule has 8 heteroatoms. The topological polar surface area (TPSA) is 92.7 Å². The van der Waals surface area contributed by atoms with E-state index in [1.807, 2.05) is 48.5 Å². The average molecular weight is 403 g/mol. The standard InChI is InChI=1S/C21H17N5O2S/c27-19(15-11-22-21-26(20(15)28)8-9-29-21)25-18(13-4-2-1-3-5-13)14-6-7-16-17(10-14)24-12-23-16/h1-7,10-12,18H,8-9H2,(H,23,24)(H,25,27). The molecule has 0 fully saturated rings. The summed E-state index contributed by atoms with van der Waals surface area (Å²) in [5.41, 5.74) is 3.31. The number of carbonyl (C=O) groups is 1. The van der Waals surface area contributed by atoms with Crippen LogP contribution in [0.2, 0.25) is 0 Å². The van der Waals surface area contributed by atoms with Crippen molar-refractivity contribution in [3.05, 3.63) is 88.1 Å². The van der Waals surface area contributed by atoms with Crippen LogP contribution in [-0.4, -0.2) is 31.2 Å². The van der Waals surface area contributed by atoms with Crippen LogP contribution < -0.4 is 10.9 Å². The number of amides is 1. The Morgan fingerprint density at radius 3 is 2.86 bits per heavy atom. The molecule has 5 rings (SSSR count). The van der Waals surface area contributed by atoms with Gasteiger partial charge in [0.1, 0.15) is 5.56 Å². The van der Waals surface area contributed by atoms with Crippen LogP contribution in [0.3, 0.4) is 0 Å². The van der Waals surface area contributed by atoms with E-state index in [2.05, 4.69) is 20.3 Å². The number of nitrogens with zero attached hydrogens (tertiary/aromatic N) is 3. The number of benzene rings is 2. The van der Waals surface area contributed by atoms with Crippen molar-refractivity contribution in [1.29, 1.82) is 0 Å². The molecule has 1 atom stereocenters. The van der Waals surface area contributed by atoms with Crippen LogP contribution in [0.25, 0.3) is 11.0 Å². The fourth-order valence-corrected chi connectivity index (χ4v) is 4.43. The van der Waals surface area contributed by atoms with E-state index in [-0.39, 0.29) is 11.1 Å². The Kier molecular flexibility index (Phi) is 4.40. The van der Waals surface area contributed by atoms with Crippen molar-refractivity contribution in [2.24, 2.45) is 0 Å². The van der Waals surface area contributed by atoms with Gasteiger partial charge in [-0.3, -0.25) is 14.2 Å². The molecule has 0 spiro atoms. The first kappa shape index (κ1) is 17.7. The highest BCUT2D eigenvalue weighted by molar-refractivity contribution is 7.99. The van der Waals surface area contributed by atoms with Gasteiger partial charge in [-0.15, -0.1) is 0 Å². The molecule has 3 heterocycles. The molecule has 1 aliphatic rings. The number of hydrogen-bond donors (Lipinski definition) is 2. The largest absolute Gasteiger partial charge is 0.345 e. The average Bonchev–Trinajstić information content (AvgIpc) is 3.42. The summed E-state index contributed by atoms with van der Waals surface area (Å²) in [6.07, 6.45) is 3.02. The normalized spacial score (nSPS) is 13.9. The lowest BCUT2D eigenvalue weighted by atomic mass is 9.98. The molecule has 0 aliphatic carbocycles. The van der Waals surface area contributed by atoms with Gasteiger partial charge in [-0.05, 0) is 23.3 Å². The lowest BCUT2D eigenvalue weighted by Crippen LogP contribution is -2.35. The first-order valence-electron chi connectivity index (χ1n) is 9.22. The summed E-state index contributed by atoms with van der Waals surface area (Å²) in [6, 6.07) is 15.1. The molecule has 1 unspecified atom stereocenters. The second-order valence-electron chi connectivity index (χ2n) is 6.76. The van der Waals surface area contributed by atoms with E-state index in [0.717, 1.165) is 27.9 Å². The highest BCUT2D eigenvalue weighted by Gasteiger charge is 2.23. The number of aromatic nitrogens is 4. The zero-order chi connectivity index (χ0) is 19.8.